The summed E-state index contributed by atoms with van der Waals surface area (Å²) in [6.45, 7) is 1.43. The summed E-state index contributed by atoms with van der Waals surface area (Å²) >= 11 is 0. The van der Waals surface area contributed by atoms with Crippen LogP contribution in [0, 0.1) is 11.8 Å². The van der Waals surface area contributed by atoms with Gasteiger partial charge in [0.2, 0.25) is 0 Å². The fourth-order valence-electron chi connectivity index (χ4n) is 1.31. The van der Waals surface area contributed by atoms with Crippen molar-refractivity contribution < 1.29 is 9.90 Å². The number of aliphatic hydroxyl groups excluding tert-OH is 1. The number of amides is 1. The molecule has 0 saturated carbocycles. The van der Waals surface area contributed by atoms with Gasteiger partial charge in [-0.25, -0.2) is 4.98 Å². The van der Waals surface area contributed by atoms with E-state index in [0.29, 0.717) is 18.7 Å². The van der Waals surface area contributed by atoms with Crippen LogP contribution in [0.25, 0.3) is 0 Å². The number of hydrogen-bond donors (Lipinski definition) is 2. The van der Waals surface area contributed by atoms with Crippen molar-refractivity contribution in [3.63, 3.8) is 0 Å². The van der Waals surface area contributed by atoms with Crippen LogP contribution in [-0.2, 0) is 0 Å². The third kappa shape index (κ3) is 6.00. The molecule has 0 aromatic carbocycles. The molecule has 0 spiro atoms. The first-order valence-electron chi connectivity index (χ1n) is 6.12. The molecular weight excluding hydrogens is 242 g/mol. The average molecular weight is 261 g/mol. The van der Waals surface area contributed by atoms with Crippen LogP contribution in [0.2, 0.25) is 0 Å². The van der Waals surface area contributed by atoms with Gasteiger partial charge in [0.1, 0.15) is 5.69 Å². The molecule has 1 rings (SSSR count). The monoisotopic (exact) mass is 261 g/mol. The van der Waals surface area contributed by atoms with Crippen molar-refractivity contribution in [1.82, 2.24) is 15.2 Å². The summed E-state index contributed by atoms with van der Waals surface area (Å²) in [5.74, 6) is 5.48. The molecule has 102 valence electrons. The van der Waals surface area contributed by atoms with Gasteiger partial charge in [-0.05, 0) is 26.2 Å². The van der Waals surface area contributed by atoms with E-state index in [1.54, 1.807) is 18.3 Å². The predicted octanol–water partition coefficient (Wildman–Crippen LogP) is 0.107. The minimum atomic E-state index is -0.184. The van der Waals surface area contributed by atoms with Gasteiger partial charge in [0, 0.05) is 31.3 Å². The number of nitrogens with one attached hydrogen (secondary N) is 1. The number of likely N-dealkylation sites (N-methyl/N-ethyl adjacent to an activating group) is 1. The highest BCUT2D eigenvalue weighted by atomic mass is 16.2. The van der Waals surface area contributed by atoms with Crippen LogP contribution in [0.15, 0.2) is 18.3 Å². The van der Waals surface area contributed by atoms with Crippen molar-refractivity contribution in [3.8, 4) is 11.8 Å². The standard InChI is InChI=1S/C14H19N3O2/c1-17(2)9-8-15-14(19)13-7-6-12(11-16-13)5-3-4-10-18/h6-7,11,18H,4,8-10H2,1-2H3,(H,15,19). The van der Waals surface area contributed by atoms with E-state index in [4.69, 9.17) is 5.11 Å². The number of carbonyl (C=O) groups excluding carboxylic acids is 1. The Bertz CT molecular complexity index is 458. The van der Waals surface area contributed by atoms with E-state index in [2.05, 4.69) is 22.1 Å². The highest BCUT2D eigenvalue weighted by molar-refractivity contribution is 5.92. The summed E-state index contributed by atoms with van der Waals surface area (Å²) in [6, 6.07) is 3.40. The maximum atomic E-state index is 11.7. The molecule has 0 saturated heterocycles. The lowest BCUT2D eigenvalue weighted by Crippen LogP contribution is -2.31. The van der Waals surface area contributed by atoms with Crippen LogP contribution < -0.4 is 5.32 Å². The molecule has 1 heterocycles. The summed E-state index contributed by atoms with van der Waals surface area (Å²) in [7, 11) is 3.90. The SMILES string of the molecule is CN(C)CCNC(=O)c1ccc(C#CCCO)cn1. The van der Waals surface area contributed by atoms with Crippen LogP contribution in [0.4, 0.5) is 0 Å². The average Bonchev–Trinajstić information content (AvgIpc) is 2.39. The van der Waals surface area contributed by atoms with E-state index in [-0.39, 0.29) is 12.5 Å². The molecule has 5 heteroatoms. The zero-order chi connectivity index (χ0) is 14.1. The van der Waals surface area contributed by atoms with Crippen LogP contribution in [0.3, 0.4) is 0 Å². The molecule has 0 aliphatic carbocycles. The maximum Gasteiger partial charge on any atom is 0.269 e. The van der Waals surface area contributed by atoms with E-state index in [9.17, 15) is 4.79 Å². The third-order valence-corrected chi connectivity index (χ3v) is 2.31. The van der Waals surface area contributed by atoms with Crippen LogP contribution in [0.5, 0.6) is 0 Å². The Labute approximate surface area is 113 Å². The Balaban J connectivity index is 2.51. The smallest absolute Gasteiger partial charge is 0.269 e. The number of pyridine rings is 1. The Hall–Kier alpha value is -1.90. The van der Waals surface area contributed by atoms with Crippen molar-refractivity contribution >= 4 is 5.91 Å². The quantitative estimate of drug-likeness (QED) is 0.738. The fourth-order valence-corrected chi connectivity index (χ4v) is 1.31. The van der Waals surface area contributed by atoms with E-state index in [0.717, 1.165) is 12.1 Å². The lowest BCUT2D eigenvalue weighted by atomic mass is 10.2. The van der Waals surface area contributed by atoms with E-state index >= 15 is 0 Å². The molecule has 2 N–H and O–H groups in total. The second-order valence-electron chi connectivity index (χ2n) is 4.27. The van der Waals surface area contributed by atoms with Crippen LogP contribution in [-0.4, -0.2) is 54.7 Å². The second-order valence-corrected chi connectivity index (χ2v) is 4.27. The van der Waals surface area contributed by atoms with Gasteiger partial charge >= 0.3 is 0 Å². The lowest BCUT2D eigenvalue weighted by molar-refractivity contribution is 0.0946. The first-order chi connectivity index (χ1) is 9.13. The number of nitrogens with zero attached hydrogens (tertiary/aromatic N) is 2. The van der Waals surface area contributed by atoms with Gasteiger partial charge in [0.05, 0.1) is 6.61 Å². The summed E-state index contributed by atoms with van der Waals surface area (Å²) in [6.07, 6.45) is 2.00. The van der Waals surface area contributed by atoms with Gasteiger partial charge < -0.3 is 15.3 Å². The number of rotatable bonds is 5. The molecule has 0 radical (unpaired) electrons. The molecule has 0 aliphatic heterocycles. The van der Waals surface area contributed by atoms with Gasteiger partial charge in [0.15, 0.2) is 0 Å². The van der Waals surface area contributed by atoms with E-state index in [1.165, 1.54) is 0 Å². The highest BCUT2D eigenvalue weighted by Gasteiger charge is 2.05. The van der Waals surface area contributed by atoms with E-state index < -0.39 is 0 Å². The minimum Gasteiger partial charge on any atom is -0.395 e. The number of aliphatic hydroxyl groups is 1. The second kappa shape index (κ2) is 8.25. The third-order valence-electron chi connectivity index (χ3n) is 2.31. The zero-order valence-electron chi connectivity index (χ0n) is 11.3. The molecular formula is C14H19N3O2. The van der Waals surface area contributed by atoms with Gasteiger partial charge in [-0.1, -0.05) is 11.8 Å². The fraction of sp³-hybridized carbons (Fsp3) is 0.429. The van der Waals surface area contributed by atoms with Crippen LogP contribution in [0.1, 0.15) is 22.5 Å². The molecule has 5 nitrogen and oxygen atoms in total. The number of carbonyl (C=O) groups is 1. The first kappa shape index (κ1) is 15.2. The molecule has 0 atom stereocenters. The predicted molar refractivity (Wildman–Crippen MR) is 73.7 cm³/mol. The van der Waals surface area contributed by atoms with Gasteiger partial charge in [-0.3, -0.25) is 4.79 Å². The number of aromatic nitrogens is 1. The first-order valence-corrected chi connectivity index (χ1v) is 6.12. The van der Waals surface area contributed by atoms with Gasteiger partial charge in [-0.15, -0.1) is 0 Å². The van der Waals surface area contributed by atoms with Crippen molar-refractivity contribution in [2.24, 2.45) is 0 Å². The Morgan fingerprint density at radius 2 is 2.26 bits per heavy atom. The van der Waals surface area contributed by atoms with Crippen LogP contribution >= 0.6 is 0 Å². The Morgan fingerprint density at radius 1 is 1.47 bits per heavy atom. The summed E-state index contributed by atoms with van der Waals surface area (Å²) in [5, 5.41) is 11.4. The molecule has 0 fully saturated rings. The van der Waals surface area contributed by atoms with Crippen molar-refractivity contribution in [2.75, 3.05) is 33.8 Å². The molecule has 0 unspecified atom stereocenters. The molecule has 19 heavy (non-hydrogen) atoms. The molecule has 0 bridgehead atoms. The van der Waals surface area contributed by atoms with Crippen molar-refractivity contribution in [1.29, 1.82) is 0 Å². The highest BCUT2D eigenvalue weighted by Crippen LogP contribution is 1.99. The number of hydrogen-bond acceptors (Lipinski definition) is 4. The summed E-state index contributed by atoms with van der Waals surface area (Å²) in [4.78, 5) is 17.8. The minimum absolute atomic E-state index is 0.0484. The molecule has 1 aromatic rings. The van der Waals surface area contributed by atoms with E-state index in [1.807, 2.05) is 19.0 Å². The van der Waals surface area contributed by atoms with Crippen molar-refractivity contribution in [2.45, 2.75) is 6.42 Å². The molecule has 0 aliphatic rings. The normalized spacial score (nSPS) is 9.89. The molecule has 1 aromatic heterocycles. The van der Waals surface area contributed by atoms with Gasteiger partial charge in [0.25, 0.3) is 5.91 Å². The Kier molecular flexibility index (Phi) is 6.58. The van der Waals surface area contributed by atoms with Crippen molar-refractivity contribution in [3.05, 3.63) is 29.6 Å². The lowest BCUT2D eigenvalue weighted by Gasteiger charge is -2.09. The Morgan fingerprint density at radius 3 is 2.84 bits per heavy atom. The maximum absolute atomic E-state index is 11.7. The largest absolute Gasteiger partial charge is 0.395 e. The summed E-state index contributed by atoms with van der Waals surface area (Å²) < 4.78 is 0. The molecule has 1 amide bonds. The van der Waals surface area contributed by atoms with Gasteiger partial charge in [-0.2, -0.15) is 0 Å². The topological polar surface area (TPSA) is 65.5 Å². The zero-order valence-corrected chi connectivity index (χ0v) is 11.3. The summed E-state index contributed by atoms with van der Waals surface area (Å²) in [5.41, 5.74) is 1.12.